The monoisotopic (exact) mass is 314 g/mol. The fourth-order valence-electron chi connectivity index (χ4n) is 3.24. The van der Waals surface area contributed by atoms with Gasteiger partial charge in [0.15, 0.2) is 0 Å². The zero-order valence-electron chi connectivity index (χ0n) is 13.0. The first-order chi connectivity index (χ1) is 11.2. The lowest BCUT2D eigenvalue weighted by atomic mass is 10.2. The Bertz CT molecular complexity index is 823. The van der Waals surface area contributed by atoms with Gasteiger partial charge in [-0.2, -0.15) is 5.10 Å². The van der Waals surface area contributed by atoms with E-state index in [4.69, 9.17) is 0 Å². The third-order valence-electron chi connectivity index (χ3n) is 4.39. The highest BCUT2D eigenvalue weighted by atomic mass is 19.1. The SMILES string of the molecule is CCc1n[nH]c(CN2CCC[C@H]2c2nc3ccc(F)cc3[nH]2)n1. The molecule has 4 rings (SSSR count). The van der Waals surface area contributed by atoms with Gasteiger partial charge in [-0.1, -0.05) is 6.92 Å². The zero-order chi connectivity index (χ0) is 15.8. The van der Waals surface area contributed by atoms with Crippen molar-refractivity contribution in [2.24, 2.45) is 0 Å². The number of nitrogens with zero attached hydrogens (tertiary/aromatic N) is 4. The number of hydrogen-bond acceptors (Lipinski definition) is 4. The Morgan fingerprint density at radius 1 is 1.35 bits per heavy atom. The smallest absolute Gasteiger partial charge is 0.150 e. The van der Waals surface area contributed by atoms with Crippen molar-refractivity contribution in [3.05, 3.63) is 41.5 Å². The van der Waals surface area contributed by atoms with Crippen LogP contribution in [0, 0.1) is 5.82 Å². The van der Waals surface area contributed by atoms with Gasteiger partial charge in [-0.25, -0.2) is 14.4 Å². The summed E-state index contributed by atoms with van der Waals surface area (Å²) in [7, 11) is 0. The second kappa shape index (κ2) is 5.73. The van der Waals surface area contributed by atoms with Gasteiger partial charge in [0.05, 0.1) is 23.6 Å². The number of fused-ring (bicyclic) bond motifs is 1. The number of likely N-dealkylation sites (tertiary alicyclic amines) is 1. The molecule has 3 heterocycles. The number of aromatic nitrogens is 5. The normalized spacial score (nSPS) is 19.0. The topological polar surface area (TPSA) is 73.5 Å². The summed E-state index contributed by atoms with van der Waals surface area (Å²) in [4.78, 5) is 14.7. The predicted octanol–water partition coefficient (Wildman–Crippen LogP) is 2.72. The molecule has 2 N–H and O–H groups in total. The third kappa shape index (κ3) is 2.72. The zero-order valence-corrected chi connectivity index (χ0v) is 13.0. The summed E-state index contributed by atoms with van der Waals surface area (Å²) in [5.41, 5.74) is 1.56. The third-order valence-corrected chi connectivity index (χ3v) is 4.39. The summed E-state index contributed by atoms with van der Waals surface area (Å²) in [6.07, 6.45) is 2.98. The Morgan fingerprint density at radius 2 is 2.26 bits per heavy atom. The number of H-pyrrole nitrogens is 2. The van der Waals surface area contributed by atoms with E-state index in [0.29, 0.717) is 0 Å². The van der Waals surface area contributed by atoms with Crippen molar-refractivity contribution in [1.29, 1.82) is 0 Å². The molecule has 1 aliphatic heterocycles. The quantitative estimate of drug-likeness (QED) is 0.776. The van der Waals surface area contributed by atoms with Crippen molar-refractivity contribution in [2.45, 2.75) is 38.8 Å². The van der Waals surface area contributed by atoms with Crippen LogP contribution in [-0.2, 0) is 13.0 Å². The molecule has 7 heteroatoms. The first-order valence-electron chi connectivity index (χ1n) is 8.02. The molecule has 2 aromatic heterocycles. The molecule has 1 aliphatic rings. The van der Waals surface area contributed by atoms with Crippen LogP contribution in [0.5, 0.6) is 0 Å². The molecule has 1 fully saturated rings. The van der Waals surface area contributed by atoms with Gasteiger partial charge in [-0.15, -0.1) is 0 Å². The van der Waals surface area contributed by atoms with E-state index < -0.39 is 0 Å². The van der Waals surface area contributed by atoms with Crippen LogP contribution in [0.25, 0.3) is 11.0 Å². The lowest BCUT2D eigenvalue weighted by Gasteiger charge is -2.21. The Morgan fingerprint density at radius 3 is 3.09 bits per heavy atom. The van der Waals surface area contributed by atoms with Crippen LogP contribution in [-0.4, -0.2) is 36.6 Å². The Hall–Kier alpha value is -2.28. The van der Waals surface area contributed by atoms with Crippen LogP contribution in [0.4, 0.5) is 4.39 Å². The molecular weight excluding hydrogens is 295 g/mol. The molecule has 0 saturated carbocycles. The second-order valence-corrected chi connectivity index (χ2v) is 5.96. The molecule has 0 amide bonds. The molecule has 0 bridgehead atoms. The summed E-state index contributed by atoms with van der Waals surface area (Å²) in [5.74, 6) is 2.38. The van der Waals surface area contributed by atoms with Crippen LogP contribution in [0.3, 0.4) is 0 Å². The summed E-state index contributed by atoms with van der Waals surface area (Å²) >= 11 is 0. The van der Waals surface area contributed by atoms with Crippen LogP contribution in [0.2, 0.25) is 0 Å². The lowest BCUT2D eigenvalue weighted by Crippen LogP contribution is -2.24. The van der Waals surface area contributed by atoms with Gasteiger partial charge in [-0.05, 0) is 37.6 Å². The molecule has 23 heavy (non-hydrogen) atoms. The van der Waals surface area contributed by atoms with Crippen molar-refractivity contribution in [2.75, 3.05) is 6.54 Å². The minimum atomic E-state index is -0.246. The maximum absolute atomic E-state index is 13.3. The van der Waals surface area contributed by atoms with Crippen molar-refractivity contribution in [3.8, 4) is 0 Å². The summed E-state index contributed by atoms with van der Waals surface area (Å²) in [6, 6.07) is 4.86. The van der Waals surface area contributed by atoms with Crippen LogP contribution < -0.4 is 0 Å². The summed E-state index contributed by atoms with van der Waals surface area (Å²) in [6.45, 7) is 3.76. The molecular formula is C16H19FN6. The number of benzene rings is 1. The van der Waals surface area contributed by atoms with Gasteiger partial charge in [-0.3, -0.25) is 10.00 Å². The van der Waals surface area contributed by atoms with E-state index in [-0.39, 0.29) is 11.9 Å². The highest BCUT2D eigenvalue weighted by Crippen LogP contribution is 2.32. The minimum Gasteiger partial charge on any atom is -0.341 e. The average Bonchev–Trinajstić information content (AvgIpc) is 3.25. The van der Waals surface area contributed by atoms with Crippen LogP contribution in [0.1, 0.15) is 43.3 Å². The fourth-order valence-corrected chi connectivity index (χ4v) is 3.24. The van der Waals surface area contributed by atoms with Crippen LogP contribution in [0.15, 0.2) is 18.2 Å². The van der Waals surface area contributed by atoms with Gasteiger partial charge in [0.2, 0.25) is 0 Å². The predicted molar refractivity (Wildman–Crippen MR) is 84.2 cm³/mol. The van der Waals surface area contributed by atoms with E-state index in [1.54, 1.807) is 6.07 Å². The first-order valence-corrected chi connectivity index (χ1v) is 8.02. The van der Waals surface area contributed by atoms with E-state index in [2.05, 4.69) is 30.0 Å². The van der Waals surface area contributed by atoms with Gasteiger partial charge in [0.1, 0.15) is 23.3 Å². The average molecular weight is 314 g/mol. The minimum absolute atomic E-state index is 0.209. The first kappa shape index (κ1) is 14.3. The van der Waals surface area contributed by atoms with Gasteiger partial charge < -0.3 is 4.98 Å². The number of aromatic amines is 2. The highest BCUT2D eigenvalue weighted by Gasteiger charge is 2.29. The van der Waals surface area contributed by atoms with Crippen molar-refractivity contribution < 1.29 is 4.39 Å². The number of hydrogen-bond donors (Lipinski definition) is 2. The van der Waals surface area contributed by atoms with Crippen LogP contribution >= 0.6 is 0 Å². The Labute approximate surface area is 133 Å². The Balaban J connectivity index is 1.58. The van der Waals surface area contributed by atoms with Crippen molar-refractivity contribution in [1.82, 2.24) is 30.0 Å². The molecule has 0 unspecified atom stereocenters. The number of nitrogens with one attached hydrogen (secondary N) is 2. The second-order valence-electron chi connectivity index (χ2n) is 5.96. The van der Waals surface area contributed by atoms with Crippen molar-refractivity contribution >= 4 is 11.0 Å². The van der Waals surface area contributed by atoms with E-state index in [1.807, 2.05) is 6.92 Å². The van der Waals surface area contributed by atoms with E-state index >= 15 is 0 Å². The molecule has 1 atom stereocenters. The molecule has 0 radical (unpaired) electrons. The van der Waals surface area contributed by atoms with Gasteiger partial charge in [0, 0.05) is 6.42 Å². The molecule has 0 aliphatic carbocycles. The molecule has 0 spiro atoms. The lowest BCUT2D eigenvalue weighted by molar-refractivity contribution is 0.235. The summed E-state index contributed by atoms with van der Waals surface area (Å²) in [5, 5.41) is 7.20. The number of halogens is 1. The van der Waals surface area contributed by atoms with E-state index in [9.17, 15) is 4.39 Å². The molecule has 1 aromatic carbocycles. The fraction of sp³-hybridized carbons (Fsp3) is 0.438. The maximum Gasteiger partial charge on any atom is 0.150 e. The maximum atomic E-state index is 13.3. The molecule has 3 aromatic rings. The van der Waals surface area contributed by atoms with Gasteiger partial charge in [0.25, 0.3) is 0 Å². The number of imidazole rings is 1. The largest absolute Gasteiger partial charge is 0.341 e. The number of aryl methyl sites for hydroxylation is 1. The molecule has 120 valence electrons. The van der Waals surface area contributed by atoms with Gasteiger partial charge >= 0.3 is 0 Å². The van der Waals surface area contributed by atoms with E-state index in [0.717, 1.165) is 60.9 Å². The summed E-state index contributed by atoms with van der Waals surface area (Å²) < 4.78 is 13.3. The Kier molecular flexibility index (Phi) is 3.57. The number of rotatable bonds is 4. The van der Waals surface area contributed by atoms with Crippen molar-refractivity contribution in [3.63, 3.8) is 0 Å². The standard InChI is InChI=1S/C16H19FN6/c1-2-14-20-15(22-21-14)9-23-7-3-4-13(23)16-18-11-6-5-10(17)8-12(11)19-16/h5-6,8,13H,2-4,7,9H2,1H3,(H,18,19)(H,20,21,22)/t13-/m0/s1. The molecule has 1 saturated heterocycles. The highest BCUT2D eigenvalue weighted by molar-refractivity contribution is 5.75. The molecule has 6 nitrogen and oxygen atoms in total. The van der Waals surface area contributed by atoms with E-state index in [1.165, 1.54) is 12.1 Å².